The fourth-order valence-corrected chi connectivity index (χ4v) is 2.00. The van der Waals surface area contributed by atoms with E-state index in [4.69, 9.17) is 9.26 Å². The lowest BCUT2D eigenvalue weighted by molar-refractivity contribution is 0.115. The zero-order valence-corrected chi connectivity index (χ0v) is 13.3. The Kier molecular flexibility index (Phi) is 6.04. The highest BCUT2D eigenvalue weighted by molar-refractivity contribution is 5.79. The van der Waals surface area contributed by atoms with E-state index in [2.05, 4.69) is 27.3 Å². The van der Waals surface area contributed by atoms with Crippen LogP contribution in [0.4, 0.5) is 0 Å². The molecule has 2 rings (SSSR count). The van der Waals surface area contributed by atoms with E-state index in [1.54, 1.807) is 7.05 Å². The van der Waals surface area contributed by atoms with Gasteiger partial charge in [-0.15, -0.1) is 0 Å². The van der Waals surface area contributed by atoms with E-state index < -0.39 is 0 Å². The smallest absolute Gasteiger partial charge is 0.193 e. The molecule has 21 heavy (non-hydrogen) atoms. The molecule has 0 spiro atoms. The van der Waals surface area contributed by atoms with Crippen LogP contribution in [0.5, 0.6) is 0 Å². The number of likely N-dealkylation sites (N-methyl/N-ethyl adjacent to an activating group) is 1. The number of nitrogens with one attached hydrogen (secondary N) is 1. The third-order valence-electron chi connectivity index (χ3n) is 3.59. The second-order valence-corrected chi connectivity index (χ2v) is 5.48. The van der Waals surface area contributed by atoms with Crippen LogP contribution in [0, 0.1) is 5.92 Å². The first-order valence-corrected chi connectivity index (χ1v) is 7.67. The van der Waals surface area contributed by atoms with Crippen LogP contribution in [0.25, 0.3) is 0 Å². The molecule has 1 heterocycles. The number of aromatic nitrogens is 1. The number of nitrogens with zero attached hydrogens (tertiary/aromatic N) is 3. The van der Waals surface area contributed by atoms with Crippen LogP contribution in [0.2, 0.25) is 0 Å². The molecule has 0 aliphatic heterocycles. The standard InChI is InChI=1S/C15H26N4O2/c1-4-13-9-14(21-18-13)10-17-15(16-2)19(3)7-8-20-11-12-5-6-12/h9,12H,4-8,10-11H2,1-3H3,(H,16,17). The van der Waals surface area contributed by atoms with Gasteiger partial charge in [0.15, 0.2) is 11.7 Å². The maximum Gasteiger partial charge on any atom is 0.193 e. The van der Waals surface area contributed by atoms with Crippen LogP contribution < -0.4 is 5.32 Å². The molecule has 118 valence electrons. The summed E-state index contributed by atoms with van der Waals surface area (Å²) >= 11 is 0. The Morgan fingerprint density at radius 1 is 1.57 bits per heavy atom. The normalized spacial score (nSPS) is 15.3. The summed E-state index contributed by atoms with van der Waals surface area (Å²) in [4.78, 5) is 6.33. The summed E-state index contributed by atoms with van der Waals surface area (Å²) in [5.74, 6) is 2.47. The molecular weight excluding hydrogens is 268 g/mol. The average Bonchev–Trinajstić information content (AvgIpc) is 3.21. The van der Waals surface area contributed by atoms with Crippen LogP contribution in [0.15, 0.2) is 15.6 Å². The molecule has 1 N–H and O–H groups in total. The molecule has 0 saturated heterocycles. The minimum absolute atomic E-state index is 0.590. The van der Waals surface area contributed by atoms with Gasteiger partial charge in [0.1, 0.15) is 0 Å². The molecule has 0 unspecified atom stereocenters. The molecule has 0 bridgehead atoms. The Hall–Kier alpha value is -1.56. The van der Waals surface area contributed by atoms with Crippen molar-refractivity contribution in [1.29, 1.82) is 0 Å². The molecule has 0 atom stereocenters. The number of hydrogen-bond acceptors (Lipinski definition) is 4. The molecule has 1 aliphatic carbocycles. The fourth-order valence-electron chi connectivity index (χ4n) is 2.00. The lowest BCUT2D eigenvalue weighted by Crippen LogP contribution is -2.40. The summed E-state index contributed by atoms with van der Waals surface area (Å²) in [5, 5.41) is 7.25. The second-order valence-electron chi connectivity index (χ2n) is 5.48. The van der Waals surface area contributed by atoms with E-state index in [0.29, 0.717) is 6.54 Å². The number of aliphatic imine (C=N–C) groups is 1. The zero-order valence-electron chi connectivity index (χ0n) is 13.3. The van der Waals surface area contributed by atoms with Gasteiger partial charge >= 0.3 is 0 Å². The van der Waals surface area contributed by atoms with Crippen molar-refractivity contribution in [3.63, 3.8) is 0 Å². The molecule has 1 aliphatic rings. The van der Waals surface area contributed by atoms with Crippen molar-refractivity contribution >= 4 is 5.96 Å². The van der Waals surface area contributed by atoms with Crippen molar-refractivity contribution in [2.75, 3.05) is 33.9 Å². The summed E-state index contributed by atoms with van der Waals surface area (Å²) in [6, 6.07) is 1.97. The first kappa shape index (κ1) is 15.8. The minimum atomic E-state index is 0.590. The molecule has 0 radical (unpaired) electrons. The van der Waals surface area contributed by atoms with Gasteiger partial charge in [-0.05, 0) is 25.2 Å². The number of rotatable bonds is 8. The Morgan fingerprint density at radius 2 is 2.38 bits per heavy atom. The molecule has 0 amide bonds. The van der Waals surface area contributed by atoms with Crippen LogP contribution >= 0.6 is 0 Å². The summed E-state index contributed by atoms with van der Waals surface area (Å²) in [6.07, 6.45) is 3.54. The number of guanidine groups is 1. The summed E-state index contributed by atoms with van der Waals surface area (Å²) < 4.78 is 10.9. The van der Waals surface area contributed by atoms with E-state index in [1.807, 2.05) is 13.1 Å². The lowest BCUT2D eigenvalue weighted by Gasteiger charge is -2.21. The third-order valence-corrected chi connectivity index (χ3v) is 3.59. The molecule has 6 heteroatoms. The lowest BCUT2D eigenvalue weighted by atomic mass is 10.3. The predicted octanol–water partition coefficient (Wildman–Crippen LogP) is 1.67. The van der Waals surface area contributed by atoms with Gasteiger partial charge < -0.3 is 19.5 Å². The monoisotopic (exact) mass is 294 g/mol. The molecule has 6 nitrogen and oxygen atoms in total. The number of hydrogen-bond donors (Lipinski definition) is 1. The van der Waals surface area contributed by atoms with E-state index in [0.717, 1.165) is 49.5 Å². The molecule has 0 aromatic carbocycles. The molecule has 1 aromatic heterocycles. The second kappa shape index (κ2) is 8.02. The molecular formula is C15H26N4O2. The van der Waals surface area contributed by atoms with E-state index >= 15 is 0 Å². The topological polar surface area (TPSA) is 62.9 Å². The number of ether oxygens (including phenoxy) is 1. The van der Waals surface area contributed by atoms with Crippen molar-refractivity contribution in [2.24, 2.45) is 10.9 Å². The molecule has 1 aromatic rings. The molecule has 1 saturated carbocycles. The highest BCUT2D eigenvalue weighted by Crippen LogP contribution is 2.28. The fraction of sp³-hybridized carbons (Fsp3) is 0.733. The van der Waals surface area contributed by atoms with Gasteiger partial charge in [-0.3, -0.25) is 4.99 Å². The van der Waals surface area contributed by atoms with Crippen molar-refractivity contribution < 1.29 is 9.26 Å². The minimum Gasteiger partial charge on any atom is -0.379 e. The van der Waals surface area contributed by atoms with Crippen molar-refractivity contribution in [2.45, 2.75) is 32.7 Å². The summed E-state index contributed by atoms with van der Waals surface area (Å²) in [6.45, 7) is 5.10. The number of aryl methyl sites for hydroxylation is 1. The average molecular weight is 294 g/mol. The van der Waals surface area contributed by atoms with Gasteiger partial charge in [-0.25, -0.2) is 0 Å². The van der Waals surface area contributed by atoms with E-state index in [1.165, 1.54) is 12.8 Å². The van der Waals surface area contributed by atoms with Gasteiger partial charge in [-0.2, -0.15) is 0 Å². The van der Waals surface area contributed by atoms with Crippen LogP contribution in [-0.2, 0) is 17.7 Å². The molecule has 1 fully saturated rings. The van der Waals surface area contributed by atoms with Crippen LogP contribution in [0.1, 0.15) is 31.2 Å². The van der Waals surface area contributed by atoms with Crippen molar-refractivity contribution in [3.05, 3.63) is 17.5 Å². The highest BCUT2D eigenvalue weighted by Gasteiger charge is 2.21. The predicted molar refractivity (Wildman–Crippen MR) is 82.3 cm³/mol. The third kappa shape index (κ3) is 5.38. The van der Waals surface area contributed by atoms with Gasteiger partial charge in [0.05, 0.1) is 18.8 Å². The van der Waals surface area contributed by atoms with Crippen molar-refractivity contribution in [1.82, 2.24) is 15.4 Å². The summed E-state index contributed by atoms with van der Waals surface area (Å²) in [5.41, 5.74) is 0.976. The zero-order chi connectivity index (χ0) is 15.1. The van der Waals surface area contributed by atoms with E-state index in [9.17, 15) is 0 Å². The summed E-state index contributed by atoms with van der Waals surface area (Å²) in [7, 11) is 3.79. The largest absolute Gasteiger partial charge is 0.379 e. The van der Waals surface area contributed by atoms with Crippen LogP contribution in [0.3, 0.4) is 0 Å². The van der Waals surface area contributed by atoms with Gasteiger partial charge in [-0.1, -0.05) is 12.1 Å². The van der Waals surface area contributed by atoms with Gasteiger partial charge in [0, 0.05) is 33.3 Å². The van der Waals surface area contributed by atoms with Gasteiger partial charge in [0.2, 0.25) is 0 Å². The Morgan fingerprint density at radius 3 is 3.00 bits per heavy atom. The maximum atomic E-state index is 5.65. The first-order valence-electron chi connectivity index (χ1n) is 7.67. The maximum absolute atomic E-state index is 5.65. The van der Waals surface area contributed by atoms with Crippen LogP contribution in [-0.4, -0.2) is 49.9 Å². The Balaban J connectivity index is 1.67. The quantitative estimate of drug-likeness (QED) is 0.449. The Labute approximate surface area is 126 Å². The first-order chi connectivity index (χ1) is 10.2. The van der Waals surface area contributed by atoms with E-state index in [-0.39, 0.29) is 0 Å². The Bertz CT molecular complexity index is 454. The van der Waals surface area contributed by atoms with Gasteiger partial charge in [0.25, 0.3) is 0 Å². The SMILES string of the molecule is CCc1cc(CNC(=NC)N(C)CCOCC2CC2)on1. The van der Waals surface area contributed by atoms with Crippen molar-refractivity contribution in [3.8, 4) is 0 Å². The highest BCUT2D eigenvalue weighted by atomic mass is 16.5.